The lowest BCUT2D eigenvalue weighted by molar-refractivity contribution is 0.173. The Balaban J connectivity index is 2.02. The summed E-state index contributed by atoms with van der Waals surface area (Å²) in [5, 5.41) is 12.0. The average Bonchev–Trinajstić information content (AvgIpc) is 2.98. The van der Waals surface area contributed by atoms with Crippen LogP contribution in [-0.4, -0.2) is 18.2 Å². The topological polar surface area (TPSA) is 23.5 Å². The maximum absolute atomic E-state index is 9.83. The first-order valence-corrected chi connectivity index (χ1v) is 8.03. The predicted octanol–water partition coefficient (Wildman–Crippen LogP) is 4.26. The van der Waals surface area contributed by atoms with Gasteiger partial charge in [-0.3, -0.25) is 0 Å². The van der Waals surface area contributed by atoms with E-state index in [1.165, 1.54) is 10.6 Å². The van der Waals surface area contributed by atoms with Gasteiger partial charge in [-0.2, -0.15) is 0 Å². The van der Waals surface area contributed by atoms with Crippen LogP contribution in [0.1, 0.15) is 36.8 Å². The van der Waals surface area contributed by atoms with Crippen molar-refractivity contribution in [3.8, 4) is 0 Å². The molecular weight excluding hydrogens is 266 g/mol. The number of aliphatic hydroxyl groups is 1. The molecule has 0 radical (unpaired) electrons. The number of rotatable bonds is 6. The quantitative estimate of drug-likeness (QED) is 0.859. The van der Waals surface area contributed by atoms with Crippen molar-refractivity contribution in [2.45, 2.75) is 38.8 Å². The Bertz CT molecular complexity index is 506. The number of thiophene rings is 1. The summed E-state index contributed by atoms with van der Waals surface area (Å²) < 4.78 is 0. The zero-order valence-corrected chi connectivity index (χ0v) is 13.2. The molecule has 1 N–H and O–H groups in total. The Labute approximate surface area is 125 Å². The zero-order valence-electron chi connectivity index (χ0n) is 12.4. The third-order valence-corrected chi connectivity index (χ3v) is 4.71. The van der Waals surface area contributed by atoms with Gasteiger partial charge in [0.1, 0.15) is 0 Å². The van der Waals surface area contributed by atoms with Gasteiger partial charge in [-0.15, -0.1) is 11.3 Å². The van der Waals surface area contributed by atoms with Crippen LogP contribution < -0.4 is 4.90 Å². The van der Waals surface area contributed by atoms with E-state index >= 15 is 0 Å². The molecule has 1 aromatic carbocycles. The molecular formula is C17H23NOS. The van der Waals surface area contributed by atoms with Gasteiger partial charge in [0.15, 0.2) is 0 Å². The van der Waals surface area contributed by atoms with Crippen molar-refractivity contribution in [2.24, 2.45) is 0 Å². The van der Waals surface area contributed by atoms with Crippen LogP contribution in [0, 0.1) is 0 Å². The van der Waals surface area contributed by atoms with Crippen molar-refractivity contribution in [1.82, 2.24) is 0 Å². The fourth-order valence-corrected chi connectivity index (χ4v) is 3.11. The van der Waals surface area contributed by atoms with E-state index in [-0.39, 0.29) is 6.10 Å². The van der Waals surface area contributed by atoms with E-state index in [0.717, 1.165) is 18.4 Å². The minimum absolute atomic E-state index is 0.349. The number of nitrogens with zero attached hydrogens (tertiary/aromatic N) is 1. The molecule has 0 amide bonds. The van der Waals surface area contributed by atoms with Gasteiger partial charge >= 0.3 is 0 Å². The Hall–Kier alpha value is -1.32. The Morgan fingerprint density at radius 3 is 2.45 bits per heavy atom. The van der Waals surface area contributed by atoms with Crippen molar-refractivity contribution in [3.63, 3.8) is 0 Å². The summed E-state index contributed by atoms with van der Waals surface area (Å²) in [6.45, 7) is 4.24. The highest BCUT2D eigenvalue weighted by atomic mass is 32.1. The van der Waals surface area contributed by atoms with Crippen LogP contribution >= 0.6 is 11.3 Å². The molecule has 0 fully saturated rings. The average molecular weight is 289 g/mol. The van der Waals surface area contributed by atoms with Crippen LogP contribution in [0.15, 0.2) is 41.8 Å². The van der Waals surface area contributed by atoms with Gasteiger partial charge in [0, 0.05) is 30.1 Å². The molecule has 0 spiro atoms. The van der Waals surface area contributed by atoms with E-state index in [2.05, 4.69) is 48.5 Å². The molecule has 0 aliphatic heterocycles. The molecule has 0 aliphatic rings. The molecule has 3 heteroatoms. The van der Waals surface area contributed by atoms with Crippen LogP contribution in [-0.2, 0) is 6.42 Å². The van der Waals surface area contributed by atoms with Crippen molar-refractivity contribution >= 4 is 17.0 Å². The summed E-state index contributed by atoms with van der Waals surface area (Å²) in [6.07, 6.45) is 1.47. The largest absolute Gasteiger partial charge is 0.388 e. The lowest BCUT2D eigenvalue weighted by atomic mass is 10.1. The third kappa shape index (κ3) is 3.62. The highest BCUT2D eigenvalue weighted by Gasteiger charge is 2.12. The lowest BCUT2D eigenvalue weighted by Crippen LogP contribution is -2.30. The molecule has 0 bridgehead atoms. The SMILES string of the molecule is CC[C@@H](O)c1ccc(N(C)C(C)Cc2cccs2)cc1. The van der Waals surface area contributed by atoms with Crippen LogP contribution in [0.25, 0.3) is 0 Å². The highest BCUT2D eigenvalue weighted by Crippen LogP contribution is 2.23. The molecule has 2 atom stereocenters. The smallest absolute Gasteiger partial charge is 0.0787 e. The van der Waals surface area contributed by atoms with Gasteiger partial charge in [0.25, 0.3) is 0 Å². The number of anilines is 1. The number of likely N-dealkylation sites (N-methyl/N-ethyl adjacent to an activating group) is 1. The first-order valence-electron chi connectivity index (χ1n) is 7.15. The molecule has 0 saturated heterocycles. The molecule has 0 aliphatic carbocycles. The minimum Gasteiger partial charge on any atom is -0.388 e. The maximum Gasteiger partial charge on any atom is 0.0787 e. The molecule has 20 heavy (non-hydrogen) atoms. The van der Waals surface area contributed by atoms with Gasteiger partial charge in [-0.25, -0.2) is 0 Å². The number of aliphatic hydroxyl groups excluding tert-OH is 1. The van der Waals surface area contributed by atoms with Gasteiger partial charge < -0.3 is 10.0 Å². The van der Waals surface area contributed by atoms with E-state index in [9.17, 15) is 5.11 Å². The van der Waals surface area contributed by atoms with Crippen molar-refractivity contribution in [1.29, 1.82) is 0 Å². The highest BCUT2D eigenvalue weighted by molar-refractivity contribution is 7.09. The summed E-state index contributed by atoms with van der Waals surface area (Å²) in [6, 6.07) is 13.0. The normalized spacial score (nSPS) is 14.0. The van der Waals surface area contributed by atoms with Gasteiger partial charge in [-0.1, -0.05) is 25.1 Å². The molecule has 108 valence electrons. The summed E-state index contributed by atoms with van der Waals surface area (Å²) in [5.74, 6) is 0. The second kappa shape index (κ2) is 6.91. The Morgan fingerprint density at radius 2 is 1.90 bits per heavy atom. The lowest BCUT2D eigenvalue weighted by Gasteiger charge is -2.27. The monoisotopic (exact) mass is 289 g/mol. The molecule has 2 rings (SSSR count). The molecule has 1 unspecified atom stereocenters. The number of hydrogen-bond donors (Lipinski definition) is 1. The van der Waals surface area contributed by atoms with Crippen LogP contribution in [0.5, 0.6) is 0 Å². The van der Waals surface area contributed by atoms with E-state index in [0.29, 0.717) is 6.04 Å². The first kappa shape index (κ1) is 15.1. The van der Waals surface area contributed by atoms with Crippen molar-refractivity contribution < 1.29 is 5.11 Å². The summed E-state index contributed by atoms with van der Waals surface area (Å²) in [5.41, 5.74) is 2.19. The van der Waals surface area contributed by atoms with Crippen LogP contribution in [0.4, 0.5) is 5.69 Å². The zero-order chi connectivity index (χ0) is 14.5. The third-order valence-electron chi connectivity index (χ3n) is 3.81. The van der Waals surface area contributed by atoms with Crippen molar-refractivity contribution in [3.05, 3.63) is 52.2 Å². The standard InChI is InChI=1S/C17H23NOS/c1-4-17(19)14-7-9-15(10-8-14)18(3)13(2)12-16-6-5-11-20-16/h5-11,13,17,19H,4,12H2,1-3H3/t13?,17-/m1/s1. The van der Waals surface area contributed by atoms with Gasteiger partial charge in [-0.05, 0) is 42.5 Å². The summed E-state index contributed by atoms with van der Waals surface area (Å²) >= 11 is 1.81. The molecule has 2 aromatic rings. The fourth-order valence-electron chi connectivity index (χ4n) is 2.28. The minimum atomic E-state index is -0.349. The van der Waals surface area contributed by atoms with E-state index in [1.54, 1.807) is 0 Å². The summed E-state index contributed by atoms with van der Waals surface area (Å²) in [4.78, 5) is 3.71. The van der Waals surface area contributed by atoms with Gasteiger partial charge in [0.2, 0.25) is 0 Å². The van der Waals surface area contributed by atoms with E-state index in [1.807, 2.05) is 30.4 Å². The Morgan fingerprint density at radius 1 is 1.20 bits per heavy atom. The molecule has 2 nitrogen and oxygen atoms in total. The first-order chi connectivity index (χ1) is 9.61. The van der Waals surface area contributed by atoms with Crippen LogP contribution in [0.3, 0.4) is 0 Å². The second-order valence-electron chi connectivity index (χ2n) is 5.26. The molecule has 1 heterocycles. The van der Waals surface area contributed by atoms with Crippen LogP contribution in [0.2, 0.25) is 0 Å². The van der Waals surface area contributed by atoms with Crippen molar-refractivity contribution in [2.75, 3.05) is 11.9 Å². The van der Waals surface area contributed by atoms with E-state index in [4.69, 9.17) is 0 Å². The molecule has 0 saturated carbocycles. The fraction of sp³-hybridized carbons (Fsp3) is 0.412. The van der Waals surface area contributed by atoms with E-state index < -0.39 is 0 Å². The van der Waals surface area contributed by atoms with Gasteiger partial charge in [0.05, 0.1) is 6.10 Å². The summed E-state index contributed by atoms with van der Waals surface area (Å²) in [7, 11) is 2.13. The Kier molecular flexibility index (Phi) is 5.21. The second-order valence-corrected chi connectivity index (χ2v) is 6.29. The number of benzene rings is 1. The predicted molar refractivity (Wildman–Crippen MR) is 87.6 cm³/mol. The number of hydrogen-bond acceptors (Lipinski definition) is 3. The molecule has 1 aromatic heterocycles. The maximum atomic E-state index is 9.83.